The zero-order valence-electron chi connectivity index (χ0n) is 11.4. The molecule has 0 spiro atoms. The highest BCUT2D eigenvalue weighted by molar-refractivity contribution is 7.22. The van der Waals surface area contributed by atoms with Crippen molar-refractivity contribution in [2.45, 2.75) is 19.4 Å². The predicted octanol–water partition coefficient (Wildman–Crippen LogP) is 5.13. The van der Waals surface area contributed by atoms with Crippen LogP contribution in [0.15, 0.2) is 42.5 Å². The van der Waals surface area contributed by atoms with Crippen molar-refractivity contribution in [1.29, 1.82) is 0 Å². The second-order valence-electron chi connectivity index (χ2n) is 5.01. The molecular formula is C16H14ClFN2S. The minimum absolute atomic E-state index is 0.206. The molecule has 0 aliphatic rings. The molecule has 0 fully saturated rings. The molecule has 0 bridgehead atoms. The smallest absolute Gasteiger partial charge is 0.184 e. The van der Waals surface area contributed by atoms with Crippen LogP contribution in [0.25, 0.3) is 10.2 Å². The van der Waals surface area contributed by atoms with Gasteiger partial charge < -0.3 is 5.32 Å². The van der Waals surface area contributed by atoms with E-state index in [9.17, 15) is 4.39 Å². The van der Waals surface area contributed by atoms with Gasteiger partial charge in [-0.15, -0.1) is 0 Å². The van der Waals surface area contributed by atoms with Crippen LogP contribution in [0.2, 0.25) is 5.02 Å². The maximum atomic E-state index is 12.9. The Morgan fingerprint density at radius 3 is 2.76 bits per heavy atom. The van der Waals surface area contributed by atoms with E-state index in [0.29, 0.717) is 5.02 Å². The number of hydrogen-bond acceptors (Lipinski definition) is 3. The van der Waals surface area contributed by atoms with E-state index in [2.05, 4.69) is 17.2 Å². The molecule has 0 amide bonds. The predicted molar refractivity (Wildman–Crippen MR) is 87.8 cm³/mol. The molecule has 2 nitrogen and oxygen atoms in total. The molecule has 1 N–H and O–H groups in total. The number of nitrogens with zero attached hydrogens (tertiary/aromatic N) is 1. The van der Waals surface area contributed by atoms with Crippen molar-refractivity contribution in [2.24, 2.45) is 0 Å². The van der Waals surface area contributed by atoms with E-state index >= 15 is 0 Å². The molecule has 0 radical (unpaired) electrons. The van der Waals surface area contributed by atoms with Gasteiger partial charge in [-0.2, -0.15) is 0 Å². The fraction of sp³-hybridized carbons (Fsp3) is 0.188. The Bertz CT molecular complexity index is 755. The minimum Gasteiger partial charge on any atom is -0.359 e. The number of thiazole rings is 1. The van der Waals surface area contributed by atoms with E-state index in [1.54, 1.807) is 11.3 Å². The van der Waals surface area contributed by atoms with Gasteiger partial charge in [0.15, 0.2) is 5.13 Å². The van der Waals surface area contributed by atoms with E-state index in [1.165, 1.54) is 12.1 Å². The summed E-state index contributed by atoms with van der Waals surface area (Å²) in [4.78, 5) is 4.53. The van der Waals surface area contributed by atoms with Gasteiger partial charge in [-0.3, -0.25) is 0 Å². The Balaban J connectivity index is 1.70. The van der Waals surface area contributed by atoms with Crippen molar-refractivity contribution in [3.8, 4) is 0 Å². The lowest BCUT2D eigenvalue weighted by Crippen LogP contribution is -2.17. The first kappa shape index (κ1) is 14.3. The minimum atomic E-state index is -0.206. The molecule has 1 aromatic heterocycles. The SMILES string of the molecule is CC(Cc1ccc(F)cc1)Nc1nc2cc(Cl)ccc2s1. The first-order valence-electron chi connectivity index (χ1n) is 6.67. The van der Waals surface area contributed by atoms with Crippen LogP contribution < -0.4 is 5.32 Å². The Morgan fingerprint density at radius 2 is 2.00 bits per heavy atom. The molecule has 0 aliphatic heterocycles. The van der Waals surface area contributed by atoms with Crippen LogP contribution >= 0.6 is 22.9 Å². The topological polar surface area (TPSA) is 24.9 Å². The number of benzene rings is 2. The number of fused-ring (bicyclic) bond motifs is 1. The van der Waals surface area contributed by atoms with Gasteiger partial charge in [-0.1, -0.05) is 35.1 Å². The molecule has 0 saturated heterocycles. The van der Waals surface area contributed by atoms with E-state index in [-0.39, 0.29) is 11.9 Å². The van der Waals surface area contributed by atoms with E-state index in [4.69, 9.17) is 11.6 Å². The second kappa shape index (κ2) is 6.00. The van der Waals surface area contributed by atoms with Gasteiger partial charge in [0.2, 0.25) is 0 Å². The van der Waals surface area contributed by atoms with Crippen molar-refractivity contribution in [3.05, 3.63) is 58.9 Å². The quantitative estimate of drug-likeness (QED) is 0.720. The summed E-state index contributed by atoms with van der Waals surface area (Å²) in [6, 6.07) is 12.5. The highest BCUT2D eigenvalue weighted by Gasteiger charge is 2.08. The monoisotopic (exact) mass is 320 g/mol. The number of hydrogen-bond donors (Lipinski definition) is 1. The zero-order valence-corrected chi connectivity index (χ0v) is 13.0. The molecule has 108 valence electrons. The first-order valence-corrected chi connectivity index (χ1v) is 7.87. The van der Waals surface area contributed by atoms with Crippen molar-refractivity contribution in [3.63, 3.8) is 0 Å². The molecule has 5 heteroatoms. The van der Waals surface area contributed by atoms with Crippen LogP contribution in [-0.4, -0.2) is 11.0 Å². The highest BCUT2D eigenvalue weighted by atomic mass is 35.5. The van der Waals surface area contributed by atoms with Gasteiger partial charge in [0.25, 0.3) is 0 Å². The van der Waals surface area contributed by atoms with E-state index in [1.807, 2.05) is 30.3 Å². The Morgan fingerprint density at radius 1 is 1.24 bits per heavy atom. The van der Waals surface area contributed by atoms with Gasteiger partial charge in [0.05, 0.1) is 10.2 Å². The molecule has 1 heterocycles. The summed E-state index contributed by atoms with van der Waals surface area (Å²) in [5, 5.41) is 4.95. The van der Waals surface area contributed by atoms with Crippen molar-refractivity contribution >= 4 is 38.3 Å². The van der Waals surface area contributed by atoms with Crippen LogP contribution in [0.3, 0.4) is 0 Å². The molecule has 21 heavy (non-hydrogen) atoms. The normalized spacial score (nSPS) is 12.5. The average Bonchev–Trinajstić information content (AvgIpc) is 2.82. The summed E-state index contributed by atoms with van der Waals surface area (Å²) in [5.41, 5.74) is 2.00. The van der Waals surface area contributed by atoms with Gasteiger partial charge >= 0.3 is 0 Å². The molecule has 3 aromatic rings. The van der Waals surface area contributed by atoms with Gasteiger partial charge in [-0.05, 0) is 49.2 Å². The van der Waals surface area contributed by atoms with Crippen LogP contribution in [-0.2, 0) is 6.42 Å². The lowest BCUT2D eigenvalue weighted by molar-refractivity contribution is 0.626. The summed E-state index contributed by atoms with van der Waals surface area (Å²) < 4.78 is 14.0. The number of anilines is 1. The number of halogens is 2. The van der Waals surface area contributed by atoms with Crippen LogP contribution in [0.1, 0.15) is 12.5 Å². The molecular weight excluding hydrogens is 307 g/mol. The molecule has 0 saturated carbocycles. The lowest BCUT2D eigenvalue weighted by Gasteiger charge is -2.12. The second-order valence-corrected chi connectivity index (χ2v) is 6.47. The number of aromatic nitrogens is 1. The van der Waals surface area contributed by atoms with Gasteiger partial charge in [-0.25, -0.2) is 9.37 Å². The summed E-state index contributed by atoms with van der Waals surface area (Å²) in [7, 11) is 0. The fourth-order valence-corrected chi connectivity index (χ4v) is 3.32. The summed E-state index contributed by atoms with van der Waals surface area (Å²) in [5.74, 6) is -0.206. The van der Waals surface area contributed by atoms with Crippen molar-refractivity contribution in [1.82, 2.24) is 4.98 Å². The molecule has 1 unspecified atom stereocenters. The average molecular weight is 321 g/mol. The van der Waals surface area contributed by atoms with Crippen LogP contribution in [0.5, 0.6) is 0 Å². The maximum absolute atomic E-state index is 12.9. The standard InChI is InChI=1S/C16H14ClFN2S/c1-10(8-11-2-5-13(18)6-3-11)19-16-20-14-9-12(17)4-7-15(14)21-16/h2-7,9-10H,8H2,1H3,(H,19,20). The summed E-state index contributed by atoms with van der Waals surface area (Å²) in [6.07, 6.45) is 0.816. The third-order valence-electron chi connectivity index (χ3n) is 3.17. The fourth-order valence-electron chi connectivity index (χ4n) is 2.20. The zero-order chi connectivity index (χ0) is 14.8. The first-order chi connectivity index (χ1) is 10.1. The largest absolute Gasteiger partial charge is 0.359 e. The number of nitrogens with one attached hydrogen (secondary N) is 1. The van der Waals surface area contributed by atoms with Crippen molar-refractivity contribution in [2.75, 3.05) is 5.32 Å². The third kappa shape index (κ3) is 3.52. The number of rotatable bonds is 4. The van der Waals surface area contributed by atoms with E-state index in [0.717, 1.165) is 27.3 Å². The van der Waals surface area contributed by atoms with E-state index < -0.39 is 0 Å². The Hall–Kier alpha value is -1.65. The maximum Gasteiger partial charge on any atom is 0.184 e. The van der Waals surface area contributed by atoms with Crippen LogP contribution in [0, 0.1) is 5.82 Å². The molecule has 2 aromatic carbocycles. The third-order valence-corrected chi connectivity index (χ3v) is 4.38. The Kier molecular flexibility index (Phi) is 4.08. The lowest BCUT2D eigenvalue weighted by atomic mass is 10.1. The molecule has 0 aliphatic carbocycles. The highest BCUT2D eigenvalue weighted by Crippen LogP contribution is 2.28. The van der Waals surface area contributed by atoms with Gasteiger partial charge in [0.1, 0.15) is 5.82 Å². The summed E-state index contributed by atoms with van der Waals surface area (Å²) in [6.45, 7) is 2.09. The molecule has 3 rings (SSSR count). The Labute approximate surface area is 131 Å². The van der Waals surface area contributed by atoms with Crippen molar-refractivity contribution < 1.29 is 4.39 Å². The van der Waals surface area contributed by atoms with Crippen LogP contribution in [0.4, 0.5) is 9.52 Å². The molecule has 1 atom stereocenters. The van der Waals surface area contributed by atoms with Gasteiger partial charge in [0, 0.05) is 11.1 Å². The summed E-state index contributed by atoms with van der Waals surface area (Å²) >= 11 is 7.57.